The van der Waals surface area contributed by atoms with Gasteiger partial charge in [0.1, 0.15) is 0 Å². The van der Waals surface area contributed by atoms with E-state index in [2.05, 4.69) is 19.2 Å². The maximum absolute atomic E-state index is 5.60. The van der Waals surface area contributed by atoms with E-state index in [9.17, 15) is 0 Å². The van der Waals surface area contributed by atoms with Crippen LogP contribution in [-0.2, 0) is 4.74 Å². The third kappa shape index (κ3) is 5.61. The highest BCUT2D eigenvalue weighted by Gasteiger charge is 1.94. The van der Waals surface area contributed by atoms with Gasteiger partial charge in [-0.2, -0.15) is 0 Å². The summed E-state index contributed by atoms with van der Waals surface area (Å²) >= 11 is 0. The minimum absolute atomic E-state index is 0.616. The Kier molecular flexibility index (Phi) is 5.72. The van der Waals surface area contributed by atoms with Crippen molar-refractivity contribution in [2.75, 3.05) is 30.8 Å². The summed E-state index contributed by atoms with van der Waals surface area (Å²) < 4.78 is 5.49. The van der Waals surface area contributed by atoms with Crippen LogP contribution in [-0.4, -0.2) is 19.8 Å². The van der Waals surface area contributed by atoms with Crippen molar-refractivity contribution < 1.29 is 4.74 Å². The second-order valence-electron chi connectivity index (χ2n) is 4.37. The third-order valence-electron chi connectivity index (χ3n) is 2.16. The molecule has 0 radical (unpaired) electrons. The lowest BCUT2D eigenvalue weighted by Crippen LogP contribution is -2.08. The Morgan fingerprint density at radius 1 is 1.25 bits per heavy atom. The van der Waals surface area contributed by atoms with Crippen molar-refractivity contribution in [2.45, 2.75) is 20.3 Å². The highest BCUT2D eigenvalue weighted by molar-refractivity contribution is 5.50. The lowest BCUT2D eigenvalue weighted by molar-refractivity contribution is 0.110. The summed E-state index contributed by atoms with van der Waals surface area (Å²) in [5.41, 5.74) is 7.51. The summed E-state index contributed by atoms with van der Waals surface area (Å²) in [6.45, 7) is 6.92. The van der Waals surface area contributed by atoms with E-state index in [-0.39, 0.29) is 0 Å². The molecule has 3 N–H and O–H groups in total. The molecule has 0 saturated carbocycles. The molecule has 0 bridgehead atoms. The molecule has 0 heterocycles. The molecule has 3 nitrogen and oxygen atoms in total. The van der Waals surface area contributed by atoms with Gasteiger partial charge in [-0.05, 0) is 36.6 Å². The second kappa shape index (κ2) is 7.12. The molecule has 1 rings (SSSR count). The molecule has 0 fully saturated rings. The highest BCUT2D eigenvalue weighted by atomic mass is 16.5. The number of anilines is 2. The van der Waals surface area contributed by atoms with E-state index in [0.717, 1.165) is 37.6 Å². The Morgan fingerprint density at radius 2 is 1.94 bits per heavy atom. The summed E-state index contributed by atoms with van der Waals surface area (Å²) in [7, 11) is 0. The molecular weight excluding hydrogens is 200 g/mol. The molecule has 0 aromatic heterocycles. The van der Waals surface area contributed by atoms with Crippen molar-refractivity contribution in [1.29, 1.82) is 0 Å². The van der Waals surface area contributed by atoms with E-state index in [0.29, 0.717) is 5.92 Å². The van der Waals surface area contributed by atoms with E-state index < -0.39 is 0 Å². The molecule has 1 aromatic rings. The summed E-state index contributed by atoms with van der Waals surface area (Å²) in [6, 6.07) is 7.78. The maximum Gasteiger partial charge on any atom is 0.0489 e. The summed E-state index contributed by atoms with van der Waals surface area (Å²) in [5.74, 6) is 0.616. The fourth-order valence-corrected chi connectivity index (χ4v) is 1.33. The van der Waals surface area contributed by atoms with Crippen molar-refractivity contribution >= 4 is 11.4 Å². The Hall–Kier alpha value is -1.22. The minimum atomic E-state index is 0.616. The van der Waals surface area contributed by atoms with Crippen molar-refractivity contribution in [3.63, 3.8) is 0 Å². The van der Waals surface area contributed by atoms with Crippen LogP contribution in [0.15, 0.2) is 24.3 Å². The molecule has 90 valence electrons. The van der Waals surface area contributed by atoms with E-state index in [1.165, 1.54) is 0 Å². The predicted octanol–water partition coefficient (Wildman–Crippen LogP) is 2.74. The Bertz CT molecular complexity index is 282. The molecule has 16 heavy (non-hydrogen) atoms. The van der Waals surface area contributed by atoms with Gasteiger partial charge in [-0.1, -0.05) is 13.8 Å². The first-order valence-electron chi connectivity index (χ1n) is 5.85. The van der Waals surface area contributed by atoms with Gasteiger partial charge < -0.3 is 15.8 Å². The van der Waals surface area contributed by atoms with Gasteiger partial charge in [0.2, 0.25) is 0 Å². The monoisotopic (exact) mass is 222 g/mol. The van der Waals surface area contributed by atoms with Gasteiger partial charge in [0.15, 0.2) is 0 Å². The number of nitrogens with one attached hydrogen (secondary N) is 1. The largest absolute Gasteiger partial charge is 0.399 e. The van der Waals surface area contributed by atoms with Crippen molar-refractivity contribution in [3.05, 3.63) is 24.3 Å². The number of benzene rings is 1. The molecule has 3 heteroatoms. The quantitative estimate of drug-likeness (QED) is 0.551. The first-order chi connectivity index (χ1) is 7.68. The fourth-order valence-electron chi connectivity index (χ4n) is 1.33. The number of ether oxygens (including phenoxy) is 1. The Labute approximate surface area is 98.0 Å². The molecule has 0 aliphatic heterocycles. The zero-order valence-electron chi connectivity index (χ0n) is 10.2. The predicted molar refractivity (Wildman–Crippen MR) is 69.6 cm³/mol. The van der Waals surface area contributed by atoms with Gasteiger partial charge in [0.05, 0.1) is 0 Å². The van der Waals surface area contributed by atoms with E-state index in [4.69, 9.17) is 10.5 Å². The summed E-state index contributed by atoms with van der Waals surface area (Å²) in [5, 5.41) is 3.32. The van der Waals surface area contributed by atoms with Gasteiger partial charge in [0.25, 0.3) is 0 Å². The van der Waals surface area contributed by atoms with Gasteiger partial charge in [0, 0.05) is 31.1 Å². The van der Waals surface area contributed by atoms with Gasteiger partial charge in [-0.25, -0.2) is 0 Å². The van der Waals surface area contributed by atoms with Gasteiger partial charge in [-0.3, -0.25) is 0 Å². The van der Waals surface area contributed by atoms with Crippen LogP contribution in [0, 0.1) is 5.92 Å². The lowest BCUT2D eigenvalue weighted by atomic mass is 10.2. The molecule has 0 unspecified atom stereocenters. The average Bonchev–Trinajstić information content (AvgIpc) is 2.25. The highest BCUT2D eigenvalue weighted by Crippen LogP contribution is 2.10. The van der Waals surface area contributed by atoms with Gasteiger partial charge >= 0.3 is 0 Å². The topological polar surface area (TPSA) is 47.3 Å². The van der Waals surface area contributed by atoms with Crippen LogP contribution in [0.4, 0.5) is 11.4 Å². The van der Waals surface area contributed by atoms with Crippen LogP contribution >= 0.6 is 0 Å². The zero-order chi connectivity index (χ0) is 11.8. The first-order valence-corrected chi connectivity index (χ1v) is 5.85. The van der Waals surface area contributed by atoms with Crippen LogP contribution in [0.5, 0.6) is 0 Å². The molecule has 0 aliphatic rings. The Morgan fingerprint density at radius 3 is 2.56 bits per heavy atom. The number of nitrogens with two attached hydrogens (primary N) is 1. The normalized spacial score (nSPS) is 10.7. The van der Waals surface area contributed by atoms with Gasteiger partial charge in [-0.15, -0.1) is 0 Å². The minimum Gasteiger partial charge on any atom is -0.399 e. The maximum atomic E-state index is 5.60. The standard InChI is InChI=1S/C13H22N2O/c1-11(2)10-16-9-3-8-15-13-6-4-12(14)5-7-13/h4-7,11,15H,3,8-10,14H2,1-2H3. The second-order valence-corrected chi connectivity index (χ2v) is 4.37. The molecule has 0 aliphatic carbocycles. The Balaban J connectivity index is 2.05. The smallest absolute Gasteiger partial charge is 0.0489 e. The van der Waals surface area contributed by atoms with Crippen LogP contribution in [0.2, 0.25) is 0 Å². The number of rotatable bonds is 7. The zero-order valence-corrected chi connectivity index (χ0v) is 10.2. The molecule has 0 amide bonds. The van der Waals surface area contributed by atoms with Crippen molar-refractivity contribution in [3.8, 4) is 0 Å². The summed E-state index contributed by atoms with van der Waals surface area (Å²) in [6.07, 6.45) is 1.02. The number of hydrogen-bond donors (Lipinski definition) is 2. The molecule has 1 aromatic carbocycles. The van der Waals surface area contributed by atoms with E-state index >= 15 is 0 Å². The van der Waals surface area contributed by atoms with Crippen LogP contribution in [0.1, 0.15) is 20.3 Å². The average molecular weight is 222 g/mol. The first kappa shape index (κ1) is 12.8. The van der Waals surface area contributed by atoms with E-state index in [1.54, 1.807) is 0 Å². The molecular formula is C13H22N2O. The SMILES string of the molecule is CC(C)COCCCNc1ccc(N)cc1. The van der Waals surface area contributed by atoms with E-state index in [1.807, 2.05) is 24.3 Å². The van der Waals surface area contributed by atoms with Crippen LogP contribution < -0.4 is 11.1 Å². The van der Waals surface area contributed by atoms with Crippen LogP contribution in [0.25, 0.3) is 0 Å². The lowest BCUT2D eigenvalue weighted by Gasteiger charge is -2.08. The summed E-state index contributed by atoms with van der Waals surface area (Å²) in [4.78, 5) is 0. The number of nitrogen functional groups attached to an aromatic ring is 1. The molecule has 0 saturated heterocycles. The molecule has 0 atom stereocenters. The third-order valence-corrected chi connectivity index (χ3v) is 2.16. The fraction of sp³-hybridized carbons (Fsp3) is 0.538. The number of hydrogen-bond acceptors (Lipinski definition) is 3. The van der Waals surface area contributed by atoms with Crippen LogP contribution in [0.3, 0.4) is 0 Å². The van der Waals surface area contributed by atoms with Crippen molar-refractivity contribution in [2.24, 2.45) is 5.92 Å². The van der Waals surface area contributed by atoms with Crippen molar-refractivity contribution in [1.82, 2.24) is 0 Å². The molecule has 0 spiro atoms.